The summed E-state index contributed by atoms with van der Waals surface area (Å²) in [6.07, 6.45) is 0. The Morgan fingerprint density at radius 1 is 1.19 bits per heavy atom. The second-order valence-corrected chi connectivity index (χ2v) is 7.09. The second kappa shape index (κ2) is 7.80. The molecule has 4 aromatic rings. The molecule has 0 unspecified atom stereocenters. The fourth-order valence-electron chi connectivity index (χ4n) is 3.35. The summed E-state index contributed by atoms with van der Waals surface area (Å²) < 4.78 is 33.2. The maximum absolute atomic E-state index is 14.7. The van der Waals surface area contributed by atoms with Gasteiger partial charge in [0.25, 0.3) is 11.5 Å². The van der Waals surface area contributed by atoms with Gasteiger partial charge in [-0.2, -0.15) is 0 Å². The number of likely N-dealkylation sites (N-methyl/N-ethyl adjacent to an activating group) is 1. The van der Waals surface area contributed by atoms with Crippen molar-refractivity contribution in [3.63, 3.8) is 0 Å². The van der Waals surface area contributed by atoms with Gasteiger partial charge in [-0.3, -0.25) is 9.59 Å². The molecule has 1 amide bonds. The zero-order valence-electron chi connectivity index (χ0n) is 16.8. The van der Waals surface area contributed by atoms with E-state index in [9.17, 15) is 18.4 Å². The Kier molecular flexibility index (Phi) is 5.15. The SMILES string of the molecule is COCCN(C)C(=O)c1cc2c(N)c(-c3nc4cc(F)ccc4[nH]c3=O)[nH]c2cc1F. The molecule has 0 radical (unpaired) electrons. The maximum Gasteiger partial charge on any atom is 0.276 e. The number of amides is 1. The topological polar surface area (TPSA) is 117 Å². The lowest BCUT2D eigenvalue weighted by Crippen LogP contribution is -2.30. The van der Waals surface area contributed by atoms with Gasteiger partial charge in [0.1, 0.15) is 11.6 Å². The summed E-state index contributed by atoms with van der Waals surface area (Å²) in [5, 5.41) is 0.362. The number of nitrogens with two attached hydrogens (primary N) is 1. The normalized spacial score (nSPS) is 11.4. The number of carbonyl (C=O) groups excluding carboxylic acids is 1. The van der Waals surface area contributed by atoms with Gasteiger partial charge in [0.2, 0.25) is 0 Å². The first-order valence-electron chi connectivity index (χ1n) is 9.35. The second-order valence-electron chi connectivity index (χ2n) is 7.09. The molecule has 0 aliphatic heterocycles. The van der Waals surface area contributed by atoms with E-state index in [0.717, 1.165) is 6.07 Å². The fraction of sp³-hybridized carbons (Fsp3) is 0.190. The van der Waals surface area contributed by atoms with Gasteiger partial charge < -0.3 is 25.3 Å². The van der Waals surface area contributed by atoms with Crippen LogP contribution in [0.5, 0.6) is 0 Å². The van der Waals surface area contributed by atoms with Crippen molar-refractivity contribution in [1.29, 1.82) is 0 Å². The number of anilines is 1. The third-order valence-electron chi connectivity index (χ3n) is 5.03. The molecule has 0 bridgehead atoms. The number of nitrogen functional groups attached to an aromatic ring is 1. The van der Waals surface area contributed by atoms with Gasteiger partial charge in [-0.1, -0.05) is 0 Å². The van der Waals surface area contributed by atoms with Gasteiger partial charge in [0.15, 0.2) is 5.69 Å². The highest BCUT2D eigenvalue weighted by Crippen LogP contribution is 2.32. The van der Waals surface area contributed by atoms with Gasteiger partial charge in [-0.25, -0.2) is 13.8 Å². The molecule has 0 fully saturated rings. The summed E-state index contributed by atoms with van der Waals surface area (Å²) in [4.78, 5) is 36.2. The van der Waals surface area contributed by atoms with Crippen molar-refractivity contribution >= 4 is 33.5 Å². The number of aromatic amines is 2. The van der Waals surface area contributed by atoms with Gasteiger partial charge >= 0.3 is 0 Å². The molecule has 4 rings (SSSR count). The number of methoxy groups -OCH3 is 1. The van der Waals surface area contributed by atoms with Crippen LogP contribution < -0.4 is 11.3 Å². The van der Waals surface area contributed by atoms with E-state index < -0.39 is 23.1 Å². The summed E-state index contributed by atoms with van der Waals surface area (Å²) in [5.41, 5.74) is 6.61. The average molecular weight is 427 g/mol. The standard InChI is InChI=1S/C21H19F2N5O3/c1-28(5-6-31-2)21(30)11-8-12-15(9-13(11)23)25-18(17(12)24)19-20(29)27-14-4-3-10(22)7-16(14)26-19/h3-4,7-9,25H,5-6,24H2,1-2H3,(H,27,29). The Morgan fingerprint density at radius 2 is 1.97 bits per heavy atom. The smallest absolute Gasteiger partial charge is 0.276 e. The lowest BCUT2D eigenvalue weighted by Gasteiger charge is -2.17. The fourth-order valence-corrected chi connectivity index (χ4v) is 3.35. The molecule has 160 valence electrons. The maximum atomic E-state index is 14.7. The molecule has 0 saturated heterocycles. The van der Waals surface area contributed by atoms with E-state index in [1.165, 1.54) is 43.3 Å². The molecule has 2 aromatic carbocycles. The molecule has 10 heteroatoms. The molecule has 0 aliphatic carbocycles. The predicted molar refractivity (Wildman–Crippen MR) is 113 cm³/mol. The average Bonchev–Trinajstić information content (AvgIpc) is 3.05. The van der Waals surface area contributed by atoms with Crippen molar-refractivity contribution in [2.24, 2.45) is 0 Å². The first-order chi connectivity index (χ1) is 14.8. The van der Waals surface area contributed by atoms with Crippen LogP contribution in [0.2, 0.25) is 0 Å². The van der Waals surface area contributed by atoms with Crippen LogP contribution in [0.25, 0.3) is 33.3 Å². The number of H-pyrrole nitrogens is 2. The minimum atomic E-state index is -0.739. The molecule has 8 nitrogen and oxygen atoms in total. The molecule has 0 atom stereocenters. The van der Waals surface area contributed by atoms with Gasteiger partial charge in [-0.05, 0) is 24.3 Å². The van der Waals surface area contributed by atoms with E-state index in [1.807, 2.05) is 0 Å². The van der Waals surface area contributed by atoms with Crippen molar-refractivity contribution < 1.29 is 18.3 Å². The molecular weight excluding hydrogens is 408 g/mol. The minimum absolute atomic E-state index is 0.0719. The number of benzene rings is 2. The molecule has 2 heterocycles. The van der Waals surface area contributed by atoms with E-state index in [1.54, 1.807) is 0 Å². The van der Waals surface area contributed by atoms with E-state index in [2.05, 4.69) is 15.0 Å². The number of nitrogens with zero attached hydrogens (tertiary/aromatic N) is 2. The molecule has 0 spiro atoms. The quantitative estimate of drug-likeness (QED) is 0.453. The summed E-state index contributed by atoms with van der Waals surface area (Å²) >= 11 is 0. The van der Waals surface area contributed by atoms with Crippen molar-refractivity contribution in [2.75, 3.05) is 33.0 Å². The first-order valence-corrected chi connectivity index (χ1v) is 9.35. The van der Waals surface area contributed by atoms with Crippen LogP contribution in [0.1, 0.15) is 10.4 Å². The van der Waals surface area contributed by atoms with Crippen LogP contribution in [0.3, 0.4) is 0 Å². The number of nitrogens with one attached hydrogen (secondary N) is 2. The highest BCUT2D eigenvalue weighted by molar-refractivity contribution is 6.05. The molecule has 4 N–H and O–H groups in total. The summed E-state index contributed by atoms with van der Waals surface area (Å²) in [5.74, 6) is -1.78. The summed E-state index contributed by atoms with van der Waals surface area (Å²) in [6, 6.07) is 6.27. The lowest BCUT2D eigenvalue weighted by atomic mass is 10.1. The predicted octanol–water partition coefficient (Wildman–Crippen LogP) is 2.65. The van der Waals surface area contributed by atoms with Gasteiger partial charge in [-0.15, -0.1) is 0 Å². The zero-order valence-corrected chi connectivity index (χ0v) is 16.8. The van der Waals surface area contributed by atoms with Crippen molar-refractivity contribution in [1.82, 2.24) is 19.9 Å². The number of carbonyl (C=O) groups is 1. The molecular formula is C21H19F2N5O3. The number of halogens is 2. The van der Waals surface area contributed by atoms with Crippen LogP contribution in [-0.4, -0.2) is 53.1 Å². The first kappa shape index (κ1) is 20.5. The third kappa shape index (κ3) is 3.61. The van der Waals surface area contributed by atoms with Crippen molar-refractivity contribution in [3.8, 4) is 11.4 Å². The Hall–Kier alpha value is -3.79. The van der Waals surface area contributed by atoms with Crippen LogP contribution in [0.15, 0.2) is 35.1 Å². The van der Waals surface area contributed by atoms with E-state index >= 15 is 0 Å². The van der Waals surface area contributed by atoms with Crippen LogP contribution >= 0.6 is 0 Å². The molecule has 0 saturated carbocycles. The van der Waals surface area contributed by atoms with E-state index in [-0.39, 0.29) is 34.7 Å². The van der Waals surface area contributed by atoms with Crippen LogP contribution in [0, 0.1) is 11.6 Å². The number of ether oxygens (including phenoxy) is 1. The zero-order chi connectivity index (χ0) is 22.3. The Morgan fingerprint density at radius 3 is 2.71 bits per heavy atom. The van der Waals surface area contributed by atoms with Gasteiger partial charge in [0.05, 0.1) is 40.1 Å². The number of hydrogen-bond acceptors (Lipinski definition) is 5. The summed E-state index contributed by atoms with van der Waals surface area (Å²) in [6.45, 7) is 0.590. The minimum Gasteiger partial charge on any atom is -0.396 e. The van der Waals surface area contributed by atoms with E-state index in [4.69, 9.17) is 10.5 Å². The van der Waals surface area contributed by atoms with Crippen molar-refractivity contribution in [2.45, 2.75) is 0 Å². The van der Waals surface area contributed by atoms with Crippen LogP contribution in [0.4, 0.5) is 14.5 Å². The third-order valence-corrected chi connectivity index (χ3v) is 5.03. The molecule has 2 aromatic heterocycles. The molecule has 0 aliphatic rings. The lowest BCUT2D eigenvalue weighted by molar-refractivity contribution is 0.0740. The summed E-state index contributed by atoms with van der Waals surface area (Å²) in [7, 11) is 3.04. The largest absolute Gasteiger partial charge is 0.396 e. The monoisotopic (exact) mass is 427 g/mol. The number of fused-ring (bicyclic) bond motifs is 2. The van der Waals surface area contributed by atoms with Crippen LogP contribution in [-0.2, 0) is 4.74 Å². The Labute approximate surface area is 174 Å². The van der Waals surface area contributed by atoms with Crippen molar-refractivity contribution in [3.05, 3.63) is 57.9 Å². The number of aromatic nitrogens is 3. The number of rotatable bonds is 5. The van der Waals surface area contributed by atoms with Gasteiger partial charge in [0, 0.05) is 32.2 Å². The molecule has 31 heavy (non-hydrogen) atoms. The highest BCUT2D eigenvalue weighted by atomic mass is 19.1. The van der Waals surface area contributed by atoms with E-state index in [0.29, 0.717) is 23.0 Å². The Balaban J connectivity index is 1.84. The number of hydrogen-bond donors (Lipinski definition) is 3. The Bertz CT molecular complexity index is 1380. The highest BCUT2D eigenvalue weighted by Gasteiger charge is 2.21.